The Morgan fingerprint density at radius 3 is 3.07 bits per heavy atom. The lowest BCUT2D eigenvalue weighted by Crippen LogP contribution is -2.38. The molecule has 7 heteroatoms. The summed E-state index contributed by atoms with van der Waals surface area (Å²) in [4.78, 5) is 16.4. The van der Waals surface area contributed by atoms with Crippen LogP contribution in [0.15, 0.2) is 29.3 Å². The van der Waals surface area contributed by atoms with Crippen molar-refractivity contribution in [2.45, 2.75) is 19.8 Å². The summed E-state index contributed by atoms with van der Waals surface area (Å²) < 4.78 is 11.0. The van der Waals surface area contributed by atoms with Crippen LogP contribution in [0.5, 0.6) is 0 Å². The van der Waals surface area contributed by atoms with E-state index in [0.29, 0.717) is 24.2 Å². The normalized spacial score (nSPS) is 16.4. The molecule has 2 rings (SSSR count). The summed E-state index contributed by atoms with van der Waals surface area (Å²) in [5.74, 6) is 3.49. The van der Waals surface area contributed by atoms with Gasteiger partial charge in [0.1, 0.15) is 6.54 Å². The van der Waals surface area contributed by atoms with Crippen molar-refractivity contribution in [3.05, 3.63) is 29.8 Å². The molecule has 0 aliphatic carbocycles. The van der Waals surface area contributed by atoms with Gasteiger partial charge in [0, 0.05) is 43.5 Å². The number of terminal acetylenes is 1. The Morgan fingerprint density at radius 2 is 2.32 bits per heavy atom. The molecule has 1 amide bonds. The molecule has 0 saturated carbocycles. The van der Waals surface area contributed by atoms with E-state index in [9.17, 15) is 4.79 Å². The topological polar surface area (TPSA) is 84.0 Å². The van der Waals surface area contributed by atoms with Gasteiger partial charge in [-0.2, -0.15) is 0 Å². The van der Waals surface area contributed by atoms with Gasteiger partial charge in [0.15, 0.2) is 5.96 Å². The summed E-state index contributed by atoms with van der Waals surface area (Å²) in [7, 11) is 0. The molecule has 28 heavy (non-hydrogen) atoms. The number of guanidine groups is 1. The number of nitrogens with zero attached hydrogens (tertiary/aromatic N) is 1. The molecule has 1 fully saturated rings. The number of aliphatic imine (C=N–C) groups is 1. The van der Waals surface area contributed by atoms with Crippen molar-refractivity contribution < 1.29 is 14.3 Å². The molecule has 1 aromatic rings. The summed E-state index contributed by atoms with van der Waals surface area (Å²) >= 11 is 0. The van der Waals surface area contributed by atoms with Gasteiger partial charge in [0.25, 0.3) is 0 Å². The number of anilines is 1. The van der Waals surface area contributed by atoms with Crippen LogP contribution in [0.2, 0.25) is 0 Å². The minimum atomic E-state index is -0.200. The maximum absolute atomic E-state index is 12.1. The fourth-order valence-corrected chi connectivity index (χ4v) is 2.73. The van der Waals surface area contributed by atoms with Gasteiger partial charge in [-0.15, -0.1) is 6.42 Å². The zero-order valence-electron chi connectivity index (χ0n) is 16.5. The lowest BCUT2D eigenvalue weighted by molar-refractivity contribution is -0.114. The van der Waals surface area contributed by atoms with Crippen LogP contribution in [0.3, 0.4) is 0 Å². The Morgan fingerprint density at radius 1 is 1.43 bits per heavy atom. The first-order valence-electron chi connectivity index (χ1n) is 9.75. The van der Waals surface area contributed by atoms with Gasteiger partial charge in [-0.1, -0.05) is 12.0 Å². The molecular weight excluding hydrogens is 356 g/mol. The molecule has 1 atom stereocenters. The average Bonchev–Trinajstić information content (AvgIpc) is 3.22. The minimum Gasteiger partial charge on any atom is -0.381 e. The molecule has 7 nitrogen and oxygen atoms in total. The van der Waals surface area contributed by atoms with Crippen LogP contribution < -0.4 is 16.0 Å². The second-order valence-electron chi connectivity index (χ2n) is 6.55. The molecule has 1 unspecified atom stereocenters. The van der Waals surface area contributed by atoms with E-state index < -0.39 is 0 Å². The van der Waals surface area contributed by atoms with E-state index in [0.717, 1.165) is 51.3 Å². The van der Waals surface area contributed by atoms with E-state index in [1.54, 1.807) is 12.1 Å². The molecule has 1 aromatic carbocycles. The zero-order valence-corrected chi connectivity index (χ0v) is 16.5. The molecule has 1 saturated heterocycles. The van der Waals surface area contributed by atoms with Gasteiger partial charge < -0.3 is 25.4 Å². The van der Waals surface area contributed by atoms with E-state index >= 15 is 0 Å². The number of carbonyl (C=O) groups is 1. The molecule has 0 bridgehead atoms. The third-order valence-corrected chi connectivity index (χ3v) is 4.17. The van der Waals surface area contributed by atoms with E-state index in [-0.39, 0.29) is 12.5 Å². The first-order chi connectivity index (χ1) is 13.7. The maximum Gasteiger partial charge on any atom is 0.246 e. The number of nitrogens with one attached hydrogen (secondary N) is 3. The minimum absolute atomic E-state index is 0.0216. The van der Waals surface area contributed by atoms with Crippen LogP contribution in [0.1, 0.15) is 25.3 Å². The third kappa shape index (κ3) is 8.42. The molecule has 3 N–H and O–H groups in total. The summed E-state index contributed by atoms with van der Waals surface area (Å²) in [5.41, 5.74) is 1.39. The number of hydrogen-bond acceptors (Lipinski definition) is 4. The first-order valence-corrected chi connectivity index (χ1v) is 9.75. The van der Waals surface area contributed by atoms with Gasteiger partial charge in [-0.05, 0) is 38.0 Å². The van der Waals surface area contributed by atoms with E-state index in [1.807, 2.05) is 19.1 Å². The number of benzene rings is 1. The third-order valence-electron chi connectivity index (χ3n) is 4.17. The Labute approximate surface area is 167 Å². The van der Waals surface area contributed by atoms with Crippen LogP contribution in [0.4, 0.5) is 5.69 Å². The highest BCUT2D eigenvalue weighted by atomic mass is 16.5. The van der Waals surface area contributed by atoms with Crippen molar-refractivity contribution in [2.24, 2.45) is 10.9 Å². The number of ether oxygens (including phenoxy) is 2. The van der Waals surface area contributed by atoms with E-state index in [4.69, 9.17) is 15.9 Å². The van der Waals surface area contributed by atoms with Crippen LogP contribution >= 0.6 is 0 Å². The summed E-state index contributed by atoms with van der Waals surface area (Å²) in [6, 6.07) is 7.17. The van der Waals surface area contributed by atoms with E-state index in [2.05, 4.69) is 26.9 Å². The Hall–Kier alpha value is -2.56. The predicted molar refractivity (Wildman–Crippen MR) is 111 cm³/mol. The Balaban J connectivity index is 1.67. The van der Waals surface area contributed by atoms with Crippen molar-refractivity contribution >= 4 is 17.6 Å². The quantitative estimate of drug-likeness (QED) is 0.246. The first kappa shape index (κ1) is 21.7. The maximum atomic E-state index is 12.1. The summed E-state index contributed by atoms with van der Waals surface area (Å²) in [6.45, 7) is 6.55. The smallest absolute Gasteiger partial charge is 0.246 e. The van der Waals surface area contributed by atoms with Crippen LogP contribution in [-0.4, -0.2) is 57.9 Å². The van der Waals surface area contributed by atoms with Gasteiger partial charge >= 0.3 is 0 Å². The Kier molecular flexibility index (Phi) is 9.91. The van der Waals surface area contributed by atoms with Gasteiger partial charge in [-0.25, -0.2) is 4.99 Å². The fourth-order valence-electron chi connectivity index (χ4n) is 2.73. The number of amides is 1. The highest BCUT2D eigenvalue weighted by Crippen LogP contribution is 2.12. The monoisotopic (exact) mass is 386 g/mol. The largest absolute Gasteiger partial charge is 0.381 e. The molecule has 1 heterocycles. The second-order valence-corrected chi connectivity index (χ2v) is 6.55. The van der Waals surface area contributed by atoms with Gasteiger partial charge in [0.2, 0.25) is 5.91 Å². The lowest BCUT2D eigenvalue weighted by Gasteiger charge is -2.12. The van der Waals surface area contributed by atoms with Crippen molar-refractivity contribution in [3.63, 3.8) is 0 Å². The number of hydrogen-bond donors (Lipinski definition) is 3. The molecule has 0 spiro atoms. The van der Waals surface area contributed by atoms with Crippen molar-refractivity contribution in [1.82, 2.24) is 10.6 Å². The van der Waals surface area contributed by atoms with Crippen LogP contribution in [0, 0.1) is 18.3 Å². The fraction of sp³-hybridized carbons (Fsp3) is 0.524. The predicted octanol–water partition coefficient (Wildman–Crippen LogP) is 1.60. The Bertz CT molecular complexity index is 678. The highest BCUT2D eigenvalue weighted by molar-refractivity contribution is 5.94. The van der Waals surface area contributed by atoms with Crippen molar-refractivity contribution in [1.29, 1.82) is 0 Å². The number of rotatable bonds is 10. The van der Waals surface area contributed by atoms with Gasteiger partial charge in [0.05, 0.1) is 13.2 Å². The SMILES string of the molecule is C#Cc1cccc(NC(=O)CN=C(NCC)NCCCOCC2CCOC2)c1. The average molecular weight is 386 g/mol. The molecular formula is C21H30N4O3. The van der Waals surface area contributed by atoms with Gasteiger partial charge in [-0.3, -0.25) is 4.79 Å². The van der Waals surface area contributed by atoms with Crippen molar-refractivity contribution in [3.8, 4) is 12.3 Å². The lowest BCUT2D eigenvalue weighted by atomic mass is 10.1. The molecule has 0 radical (unpaired) electrons. The zero-order chi connectivity index (χ0) is 20.0. The summed E-state index contributed by atoms with van der Waals surface area (Å²) in [6.07, 6.45) is 7.33. The van der Waals surface area contributed by atoms with Crippen LogP contribution in [-0.2, 0) is 14.3 Å². The molecule has 0 aromatic heterocycles. The van der Waals surface area contributed by atoms with E-state index in [1.165, 1.54) is 0 Å². The highest BCUT2D eigenvalue weighted by Gasteiger charge is 2.15. The molecule has 1 aliphatic heterocycles. The molecule has 1 aliphatic rings. The summed E-state index contributed by atoms with van der Waals surface area (Å²) in [5, 5.41) is 9.14. The molecule has 152 valence electrons. The number of carbonyl (C=O) groups excluding carboxylic acids is 1. The second kappa shape index (κ2) is 12.8. The van der Waals surface area contributed by atoms with Crippen LogP contribution in [0.25, 0.3) is 0 Å². The standard InChI is InChI=1S/C21H30N4O3/c1-3-17-7-5-8-19(13-17)25-20(26)14-24-21(22-4-2)23-10-6-11-27-15-18-9-12-28-16-18/h1,5,7-8,13,18H,4,6,9-12,14-16H2,2H3,(H,25,26)(H2,22,23,24). The van der Waals surface area contributed by atoms with Crippen molar-refractivity contribution in [2.75, 3.05) is 51.4 Å².